The van der Waals surface area contributed by atoms with Crippen molar-refractivity contribution in [3.8, 4) is 45.4 Å². The molecule has 2 aliphatic heterocycles. The van der Waals surface area contributed by atoms with Crippen molar-refractivity contribution in [2.75, 3.05) is 27.3 Å². The molecule has 1 amide bonds. The number of aromatic nitrogens is 4. The highest BCUT2D eigenvalue weighted by molar-refractivity contribution is 6.39. The van der Waals surface area contributed by atoms with Gasteiger partial charge in [0.2, 0.25) is 17.7 Å². The number of hydrogen-bond acceptors (Lipinski definition) is 9. The van der Waals surface area contributed by atoms with Gasteiger partial charge in [0.1, 0.15) is 11.4 Å². The summed E-state index contributed by atoms with van der Waals surface area (Å²) in [5.74, 6) is 0.986. The number of aliphatic hydroxyl groups excluding tert-OH is 1. The Bertz CT molecular complexity index is 1720. The van der Waals surface area contributed by atoms with Crippen LogP contribution in [0.25, 0.3) is 33.6 Å². The first-order chi connectivity index (χ1) is 21.8. The van der Waals surface area contributed by atoms with E-state index in [1.165, 1.54) is 0 Å². The van der Waals surface area contributed by atoms with Crippen molar-refractivity contribution in [2.24, 2.45) is 0 Å². The monoisotopic (exact) mass is 648 g/mol. The zero-order chi connectivity index (χ0) is 31.5. The summed E-state index contributed by atoms with van der Waals surface area (Å²) in [7, 11) is 3.14. The zero-order valence-electron chi connectivity index (χ0n) is 25.1. The summed E-state index contributed by atoms with van der Waals surface area (Å²) in [5, 5.41) is 13.6. The van der Waals surface area contributed by atoms with Gasteiger partial charge in [0.25, 0.3) is 0 Å². The Morgan fingerprint density at radius 2 is 1.44 bits per heavy atom. The molecule has 2 aromatic heterocycles. The first kappa shape index (κ1) is 31.2. The molecule has 2 N–H and O–H groups in total. The number of aryl methyl sites for hydroxylation is 1. The van der Waals surface area contributed by atoms with Crippen LogP contribution in [0.15, 0.2) is 48.8 Å². The van der Waals surface area contributed by atoms with Crippen LogP contribution < -0.4 is 14.8 Å². The maximum atomic E-state index is 11.5. The van der Waals surface area contributed by atoms with Gasteiger partial charge in [-0.15, -0.1) is 0 Å². The number of hydrogen-bond donors (Lipinski definition) is 2. The molecule has 12 heteroatoms. The summed E-state index contributed by atoms with van der Waals surface area (Å²) >= 11 is 14.0. The van der Waals surface area contributed by atoms with Crippen molar-refractivity contribution < 1.29 is 19.4 Å². The molecule has 1 atom stereocenters. The molecule has 0 radical (unpaired) electrons. The van der Waals surface area contributed by atoms with Gasteiger partial charge < -0.3 is 19.9 Å². The maximum Gasteiger partial charge on any atom is 0.237 e. The van der Waals surface area contributed by atoms with Gasteiger partial charge in [-0.2, -0.15) is 0 Å². The van der Waals surface area contributed by atoms with E-state index >= 15 is 0 Å². The van der Waals surface area contributed by atoms with Crippen molar-refractivity contribution >= 4 is 29.1 Å². The third-order valence-corrected chi connectivity index (χ3v) is 9.03. The molecule has 4 heterocycles. The van der Waals surface area contributed by atoms with Gasteiger partial charge in [-0.1, -0.05) is 59.6 Å². The molecule has 0 unspecified atom stereocenters. The second kappa shape index (κ2) is 13.7. The van der Waals surface area contributed by atoms with Gasteiger partial charge in [-0.3, -0.25) is 19.7 Å². The number of carbonyl (C=O) groups is 1. The SMILES string of the molecule is COc1nc(-c2cccc(-c3cccc(-c4cnc(CN5CC(O)C5)c(OC)n4)c3Cl)c2Cl)cnc1CCC[C@@H]1CCC(=O)N1. The van der Waals surface area contributed by atoms with Crippen LogP contribution in [0.1, 0.15) is 37.1 Å². The Kier molecular flexibility index (Phi) is 9.46. The minimum Gasteiger partial charge on any atom is -0.480 e. The number of benzene rings is 2. The maximum absolute atomic E-state index is 11.5. The molecule has 0 aliphatic carbocycles. The van der Waals surface area contributed by atoms with Crippen LogP contribution in [0.5, 0.6) is 11.8 Å². The number of likely N-dealkylation sites (tertiary alicyclic amines) is 1. The zero-order valence-corrected chi connectivity index (χ0v) is 26.6. The fourth-order valence-corrected chi connectivity index (χ4v) is 6.48. The van der Waals surface area contributed by atoms with E-state index in [1.54, 1.807) is 26.6 Å². The average Bonchev–Trinajstić information content (AvgIpc) is 3.45. The van der Waals surface area contributed by atoms with Crippen molar-refractivity contribution in [1.82, 2.24) is 30.2 Å². The Morgan fingerprint density at radius 1 is 0.889 bits per heavy atom. The highest BCUT2D eigenvalue weighted by Gasteiger charge is 2.26. The molecule has 2 aromatic carbocycles. The fourth-order valence-electron chi connectivity index (χ4n) is 5.83. The van der Waals surface area contributed by atoms with Gasteiger partial charge in [-0.25, -0.2) is 9.97 Å². The molecule has 45 heavy (non-hydrogen) atoms. The minimum atomic E-state index is -0.299. The number of rotatable bonds is 11. The van der Waals surface area contributed by atoms with E-state index in [1.807, 2.05) is 36.4 Å². The molecule has 0 saturated carbocycles. The number of ether oxygens (including phenoxy) is 2. The van der Waals surface area contributed by atoms with Gasteiger partial charge >= 0.3 is 0 Å². The number of β-amino-alcohol motifs (C(OH)–C–C–N with tert-alkyl or cyclic N) is 1. The van der Waals surface area contributed by atoms with E-state index in [4.69, 9.17) is 42.6 Å². The van der Waals surface area contributed by atoms with E-state index in [2.05, 4.69) is 20.2 Å². The topological polar surface area (TPSA) is 123 Å². The van der Waals surface area contributed by atoms with Crippen LogP contribution in [-0.2, 0) is 17.8 Å². The van der Waals surface area contributed by atoms with Crippen molar-refractivity contribution in [1.29, 1.82) is 0 Å². The predicted molar refractivity (Wildman–Crippen MR) is 172 cm³/mol. The molecule has 4 aromatic rings. The highest BCUT2D eigenvalue weighted by Crippen LogP contribution is 2.42. The minimum absolute atomic E-state index is 0.122. The van der Waals surface area contributed by atoms with Crippen LogP contribution in [0, 0.1) is 0 Å². The average molecular weight is 650 g/mol. The van der Waals surface area contributed by atoms with E-state index < -0.39 is 0 Å². The Morgan fingerprint density at radius 3 is 1.98 bits per heavy atom. The van der Waals surface area contributed by atoms with Gasteiger partial charge in [0.05, 0.1) is 54.2 Å². The summed E-state index contributed by atoms with van der Waals surface area (Å²) in [6.07, 6.45) is 7.01. The Hall–Kier alpha value is -3.83. The Balaban J connectivity index is 1.24. The first-order valence-corrected chi connectivity index (χ1v) is 15.7. The third kappa shape index (κ3) is 6.74. The molecule has 2 aliphatic rings. The number of carbonyl (C=O) groups excluding carboxylic acids is 1. The number of halogens is 2. The van der Waals surface area contributed by atoms with Crippen LogP contribution in [0.2, 0.25) is 10.0 Å². The number of aliphatic hydroxyl groups is 1. The lowest BCUT2D eigenvalue weighted by molar-refractivity contribution is -0.119. The molecule has 10 nitrogen and oxygen atoms in total. The second-order valence-corrected chi connectivity index (χ2v) is 12.1. The van der Waals surface area contributed by atoms with Gasteiger partial charge in [-0.05, 0) is 25.7 Å². The normalized spacial score (nSPS) is 16.8. The molecule has 234 valence electrons. The van der Waals surface area contributed by atoms with E-state index in [-0.39, 0.29) is 18.1 Å². The molecule has 0 spiro atoms. The molecular weight excluding hydrogens is 615 g/mol. The summed E-state index contributed by atoms with van der Waals surface area (Å²) in [6.45, 7) is 1.74. The molecule has 0 bridgehead atoms. The van der Waals surface area contributed by atoms with E-state index in [0.29, 0.717) is 82.5 Å². The fraction of sp³-hybridized carbons (Fsp3) is 0.364. The number of nitrogens with one attached hydrogen (secondary N) is 1. The standard InChI is InChI=1S/C33H34Cl2N6O4/c1-44-32-25(11-3-6-19-12-13-29(43)38-19)36-14-26(39-32)23-9-4-7-21(30(23)34)22-8-5-10-24(31(22)35)27-15-37-28(33(40-27)45-2)18-41-16-20(42)17-41/h4-5,7-10,14-15,19-20,42H,3,6,11-13,16-18H2,1-2H3,(H,38,43)/t19-/m1/s1. The second-order valence-electron chi connectivity index (χ2n) is 11.3. The van der Waals surface area contributed by atoms with Gasteiger partial charge in [0, 0.05) is 54.4 Å². The summed E-state index contributed by atoms with van der Waals surface area (Å²) in [4.78, 5) is 32.3. The van der Waals surface area contributed by atoms with Crippen LogP contribution >= 0.6 is 23.2 Å². The molecular formula is C33H34Cl2N6O4. The van der Waals surface area contributed by atoms with Crippen LogP contribution in [0.3, 0.4) is 0 Å². The number of nitrogens with zero attached hydrogens (tertiary/aromatic N) is 5. The van der Waals surface area contributed by atoms with Crippen LogP contribution in [0.4, 0.5) is 0 Å². The summed E-state index contributed by atoms with van der Waals surface area (Å²) in [5.41, 5.74) is 5.46. The highest BCUT2D eigenvalue weighted by atomic mass is 35.5. The largest absolute Gasteiger partial charge is 0.480 e. The quantitative estimate of drug-likeness (QED) is 0.221. The lowest BCUT2D eigenvalue weighted by Gasteiger charge is -2.35. The number of methoxy groups -OCH3 is 2. The summed E-state index contributed by atoms with van der Waals surface area (Å²) < 4.78 is 11.2. The van der Waals surface area contributed by atoms with Crippen molar-refractivity contribution in [3.05, 3.63) is 70.2 Å². The molecule has 6 rings (SSSR count). The predicted octanol–water partition coefficient (Wildman–Crippen LogP) is 5.37. The lowest BCUT2D eigenvalue weighted by atomic mass is 9.98. The first-order valence-electron chi connectivity index (χ1n) is 14.9. The van der Waals surface area contributed by atoms with E-state index in [9.17, 15) is 9.90 Å². The summed E-state index contributed by atoms with van der Waals surface area (Å²) in [6, 6.07) is 11.6. The van der Waals surface area contributed by atoms with Gasteiger partial charge in [0.15, 0.2) is 0 Å². The Labute approximate surface area is 271 Å². The lowest BCUT2D eigenvalue weighted by Crippen LogP contribution is -2.50. The third-order valence-electron chi connectivity index (χ3n) is 8.21. The van der Waals surface area contributed by atoms with E-state index in [0.717, 1.165) is 36.1 Å². The smallest absolute Gasteiger partial charge is 0.237 e. The molecule has 2 saturated heterocycles. The van der Waals surface area contributed by atoms with Crippen LogP contribution in [-0.4, -0.2) is 75.3 Å². The van der Waals surface area contributed by atoms with Crippen molar-refractivity contribution in [2.45, 2.75) is 50.8 Å². The molecule has 2 fully saturated rings. The number of amides is 1. The van der Waals surface area contributed by atoms with Crippen molar-refractivity contribution in [3.63, 3.8) is 0 Å².